The smallest absolute Gasteiger partial charge is 0.275 e. The molecule has 24 heavy (non-hydrogen) atoms. The van der Waals surface area contributed by atoms with Crippen molar-refractivity contribution in [2.75, 3.05) is 12.4 Å². The minimum Gasteiger partial charge on any atom is -0.387 e. The van der Waals surface area contributed by atoms with Gasteiger partial charge in [-0.3, -0.25) is 9.36 Å². The predicted molar refractivity (Wildman–Crippen MR) is 99.5 cm³/mol. The van der Waals surface area contributed by atoms with Crippen LogP contribution in [0.15, 0.2) is 41.5 Å². The Morgan fingerprint density at radius 1 is 1.17 bits per heavy atom. The van der Waals surface area contributed by atoms with Crippen molar-refractivity contribution >= 4 is 37.5 Å². The quantitative estimate of drug-likeness (QED) is 0.607. The van der Waals surface area contributed by atoms with E-state index in [1.54, 1.807) is 10.9 Å². The Balaban J connectivity index is 2.05. The second-order valence-corrected chi connectivity index (χ2v) is 6.78. The lowest BCUT2D eigenvalue weighted by Gasteiger charge is -2.06. The molecule has 0 aliphatic carbocycles. The van der Waals surface area contributed by atoms with E-state index in [2.05, 4.69) is 15.3 Å². The number of rotatable bonds is 2. The molecule has 0 aliphatic rings. The molecule has 0 bridgehead atoms. The van der Waals surface area contributed by atoms with Gasteiger partial charge >= 0.3 is 0 Å². The first kappa shape index (κ1) is 14.8. The average molecular weight is 336 g/mol. The van der Waals surface area contributed by atoms with E-state index in [9.17, 15) is 4.79 Å². The van der Waals surface area contributed by atoms with Crippen LogP contribution in [0.4, 0.5) is 5.69 Å². The van der Waals surface area contributed by atoms with Gasteiger partial charge < -0.3 is 5.32 Å². The molecule has 3 aromatic heterocycles. The van der Waals surface area contributed by atoms with Crippen LogP contribution in [-0.2, 0) is 0 Å². The number of hydrogen-bond donors (Lipinski definition) is 1. The van der Waals surface area contributed by atoms with Crippen LogP contribution < -0.4 is 10.9 Å². The maximum absolute atomic E-state index is 13.0. The highest BCUT2D eigenvalue weighted by atomic mass is 32.1. The largest absolute Gasteiger partial charge is 0.387 e. The van der Waals surface area contributed by atoms with Crippen LogP contribution in [0, 0.1) is 13.8 Å². The van der Waals surface area contributed by atoms with E-state index >= 15 is 0 Å². The molecule has 0 fully saturated rings. The fourth-order valence-electron chi connectivity index (χ4n) is 2.84. The standard InChI is InChI=1S/C18H16N4OS/c1-10-4-6-12(7-5-10)22-9-20-15-14-13(19-3)8-11(2)21-17(14)24-16(15)18(22)23/h4-9H,1-3H3,(H,19,21). The van der Waals surface area contributed by atoms with Gasteiger partial charge in [-0.2, -0.15) is 0 Å². The summed E-state index contributed by atoms with van der Waals surface area (Å²) in [5.74, 6) is 0. The molecule has 1 aromatic carbocycles. The first-order valence-corrected chi connectivity index (χ1v) is 8.46. The van der Waals surface area contributed by atoms with Crippen molar-refractivity contribution < 1.29 is 0 Å². The molecule has 0 saturated heterocycles. The lowest BCUT2D eigenvalue weighted by atomic mass is 10.2. The van der Waals surface area contributed by atoms with Gasteiger partial charge in [0.15, 0.2) is 0 Å². The summed E-state index contributed by atoms with van der Waals surface area (Å²) >= 11 is 1.40. The molecule has 0 aliphatic heterocycles. The minimum absolute atomic E-state index is 0.0634. The SMILES string of the molecule is CNc1cc(C)nc2sc3c(=O)n(-c4ccc(C)cc4)cnc3c12. The van der Waals surface area contributed by atoms with Crippen molar-refractivity contribution in [1.29, 1.82) is 0 Å². The number of aromatic nitrogens is 3. The topological polar surface area (TPSA) is 59.8 Å². The Morgan fingerprint density at radius 3 is 2.62 bits per heavy atom. The van der Waals surface area contributed by atoms with Crippen LogP contribution in [-0.4, -0.2) is 21.6 Å². The minimum atomic E-state index is -0.0634. The zero-order chi connectivity index (χ0) is 16.8. The number of nitrogens with zero attached hydrogens (tertiary/aromatic N) is 3. The summed E-state index contributed by atoms with van der Waals surface area (Å²) in [4.78, 5) is 22.9. The lowest BCUT2D eigenvalue weighted by molar-refractivity contribution is 0.966. The molecule has 6 heteroatoms. The fourth-order valence-corrected chi connectivity index (χ4v) is 3.97. The molecule has 120 valence electrons. The van der Waals surface area contributed by atoms with E-state index < -0.39 is 0 Å². The van der Waals surface area contributed by atoms with E-state index in [1.165, 1.54) is 11.3 Å². The van der Waals surface area contributed by atoms with Gasteiger partial charge in [0.25, 0.3) is 5.56 Å². The molecule has 4 rings (SSSR count). The van der Waals surface area contributed by atoms with Crippen molar-refractivity contribution in [3.63, 3.8) is 0 Å². The first-order valence-electron chi connectivity index (χ1n) is 7.65. The molecule has 0 spiro atoms. The van der Waals surface area contributed by atoms with Crippen LogP contribution >= 0.6 is 11.3 Å². The third-order valence-corrected chi connectivity index (χ3v) is 5.12. The molecule has 0 amide bonds. The fraction of sp³-hybridized carbons (Fsp3) is 0.167. The van der Waals surface area contributed by atoms with E-state index in [0.717, 1.165) is 32.8 Å². The van der Waals surface area contributed by atoms with Crippen molar-refractivity contribution in [2.24, 2.45) is 0 Å². The molecule has 4 aromatic rings. The molecule has 5 nitrogen and oxygen atoms in total. The van der Waals surface area contributed by atoms with Gasteiger partial charge in [-0.25, -0.2) is 9.97 Å². The van der Waals surface area contributed by atoms with E-state index in [0.29, 0.717) is 10.2 Å². The van der Waals surface area contributed by atoms with Gasteiger partial charge in [0.1, 0.15) is 15.9 Å². The molecule has 0 unspecified atom stereocenters. The molecule has 3 heterocycles. The third kappa shape index (κ3) is 2.18. The molecular formula is C18H16N4OS. The number of benzene rings is 1. The zero-order valence-corrected chi connectivity index (χ0v) is 14.4. The van der Waals surface area contributed by atoms with Gasteiger partial charge in [-0.1, -0.05) is 17.7 Å². The number of hydrogen-bond acceptors (Lipinski definition) is 5. The van der Waals surface area contributed by atoms with Crippen molar-refractivity contribution in [3.05, 3.63) is 58.3 Å². The highest BCUT2D eigenvalue weighted by Crippen LogP contribution is 2.34. The maximum atomic E-state index is 13.0. The predicted octanol–water partition coefficient (Wildman–Crippen LogP) is 3.65. The maximum Gasteiger partial charge on any atom is 0.275 e. The number of fused-ring (bicyclic) bond motifs is 3. The Kier molecular flexibility index (Phi) is 3.35. The molecule has 1 N–H and O–H groups in total. The highest BCUT2D eigenvalue weighted by molar-refractivity contribution is 7.25. The van der Waals surface area contributed by atoms with E-state index in [4.69, 9.17) is 0 Å². The van der Waals surface area contributed by atoms with Crippen LogP contribution in [0.25, 0.3) is 26.1 Å². The Bertz CT molecular complexity index is 1130. The van der Waals surface area contributed by atoms with Gasteiger partial charge in [0.2, 0.25) is 0 Å². The van der Waals surface area contributed by atoms with Crippen LogP contribution in [0.3, 0.4) is 0 Å². The van der Waals surface area contributed by atoms with Crippen molar-refractivity contribution in [2.45, 2.75) is 13.8 Å². The normalized spacial score (nSPS) is 11.3. The summed E-state index contributed by atoms with van der Waals surface area (Å²) in [5.41, 5.74) is 4.48. The monoisotopic (exact) mass is 336 g/mol. The van der Waals surface area contributed by atoms with Gasteiger partial charge in [0, 0.05) is 18.4 Å². The molecule has 0 radical (unpaired) electrons. The lowest BCUT2D eigenvalue weighted by Crippen LogP contribution is -2.17. The van der Waals surface area contributed by atoms with Gasteiger partial charge in [0.05, 0.1) is 16.6 Å². The van der Waals surface area contributed by atoms with Gasteiger partial charge in [-0.05, 0) is 32.0 Å². The number of aryl methyl sites for hydroxylation is 2. The number of thiophene rings is 1. The van der Waals surface area contributed by atoms with Crippen LogP contribution in [0.5, 0.6) is 0 Å². The van der Waals surface area contributed by atoms with Crippen LogP contribution in [0.2, 0.25) is 0 Å². The third-order valence-electron chi connectivity index (χ3n) is 4.06. The van der Waals surface area contributed by atoms with Gasteiger partial charge in [-0.15, -0.1) is 11.3 Å². The van der Waals surface area contributed by atoms with E-state index in [-0.39, 0.29) is 5.56 Å². The van der Waals surface area contributed by atoms with Crippen LogP contribution in [0.1, 0.15) is 11.3 Å². The summed E-state index contributed by atoms with van der Waals surface area (Å²) in [6.45, 7) is 3.97. The number of pyridine rings is 1. The summed E-state index contributed by atoms with van der Waals surface area (Å²) in [7, 11) is 1.87. The average Bonchev–Trinajstić information content (AvgIpc) is 2.95. The zero-order valence-electron chi connectivity index (χ0n) is 13.6. The van der Waals surface area contributed by atoms with E-state index in [1.807, 2.05) is 51.2 Å². The summed E-state index contributed by atoms with van der Waals surface area (Å²) < 4.78 is 2.21. The summed E-state index contributed by atoms with van der Waals surface area (Å²) in [6.07, 6.45) is 1.60. The van der Waals surface area contributed by atoms with Crippen molar-refractivity contribution in [1.82, 2.24) is 14.5 Å². The Hall–Kier alpha value is -2.73. The second kappa shape index (κ2) is 5.42. The van der Waals surface area contributed by atoms with Crippen molar-refractivity contribution in [3.8, 4) is 5.69 Å². The second-order valence-electron chi connectivity index (χ2n) is 5.78. The Labute approximate surface area is 142 Å². The summed E-state index contributed by atoms with van der Waals surface area (Å²) in [6, 6.07) is 9.81. The first-order chi connectivity index (χ1) is 11.6. The Morgan fingerprint density at radius 2 is 1.92 bits per heavy atom. The highest BCUT2D eigenvalue weighted by Gasteiger charge is 2.16. The molecule has 0 saturated carbocycles. The number of anilines is 1. The summed E-state index contributed by atoms with van der Waals surface area (Å²) in [5, 5.41) is 4.09. The molecule has 0 atom stereocenters. The number of nitrogens with one attached hydrogen (secondary N) is 1. The molecular weight excluding hydrogens is 320 g/mol.